The van der Waals surface area contributed by atoms with Crippen LogP contribution in [0, 0.1) is 5.82 Å². The highest BCUT2D eigenvalue weighted by atomic mass is 19.1. The molecule has 1 amide bonds. The van der Waals surface area contributed by atoms with E-state index in [0.717, 1.165) is 6.07 Å². The lowest BCUT2D eigenvalue weighted by atomic mass is 10.2. The van der Waals surface area contributed by atoms with E-state index in [9.17, 15) is 14.0 Å². The number of rotatable bonds is 5. The Kier molecular flexibility index (Phi) is 5.03. The Labute approximate surface area is 98.5 Å². The van der Waals surface area contributed by atoms with Crippen molar-refractivity contribution in [1.82, 2.24) is 5.32 Å². The van der Waals surface area contributed by atoms with Gasteiger partial charge in [-0.3, -0.25) is 9.59 Å². The minimum Gasteiger partial charge on any atom is -0.322 e. The van der Waals surface area contributed by atoms with E-state index in [-0.39, 0.29) is 11.5 Å². The summed E-state index contributed by atoms with van der Waals surface area (Å²) in [7, 11) is 1.76. The maximum atomic E-state index is 13.2. The fourth-order valence-corrected chi connectivity index (χ4v) is 1.17. The first kappa shape index (κ1) is 13.1. The van der Waals surface area contributed by atoms with Crippen LogP contribution in [0.4, 0.5) is 10.1 Å². The van der Waals surface area contributed by atoms with Crippen LogP contribution in [0.2, 0.25) is 0 Å². The Morgan fingerprint density at radius 1 is 1.47 bits per heavy atom. The van der Waals surface area contributed by atoms with Gasteiger partial charge in [-0.05, 0) is 25.2 Å². The van der Waals surface area contributed by atoms with Gasteiger partial charge in [0.1, 0.15) is 5.82 Å². The van der Waals surface area contributed by atoms with Gasteiger partial charge in [-0.1, -0.05) is 6.08 Å². The number of amides is 1. The molecule has 0 bridgehead atoms. The van der Waals surface area contributed by atoms with Crippen molar-refractivity contribution in [3.8, 4) is 0 Å². The zero-order chi connectivity index (χ0) is 12.7. The Morgan fingerprint density at radius 2 is 2.24 bits per heavy atom. The number of likely N-dealkylation sites (N-methyl/N-ethyl adjacent to an activating group) is 1. The zero-order valence-electron chi connectivity index (χ0n) is 9.37. The molecule has 1 rings (SSSR count). The van der Waals surface area contributed by atoms with Crippen LogP contribution in [0.1, 0.15) is 10.4 Å². The third kappa shape index (κ3) is 4.16. The third-order valence-corrected chi connectivity index (χ3v) is 1.99. The van der Waals surface area contributed by atoms with Crippen LogP contribution in [0.5, 0.6) is 0 Å². The summed E-state index contributed by atoms with van der Waals surface area (Å²) in [6, 6.07) is 3.89. The van der Waals surface area contributed by atoms with Gasteiger partial charge in [0.15, 0.2) is 6.29 Å². The summed E-state index contributed by atoms with van der Waals surface area (Å²) in [6.45, 7) is 0.575. The van der Waals surface area contributed by atoms with E-state index < -0.39 is 5.82 Å². The molecule has 0 radical (unpaired) electrons. The minimum absolute atomic E-state index is 0.0336. The molecule has 5 heteroatoms. The van der Waals surface area contributed by atoms with Crippen molar-refractivity contribution in [2.24, 2.45) is 0 Å². The van der Waals surface area contributed by atoms with E-state index in [4.69, 9.17) is 0 Å². The molecule has 4 nitrogen and oxygen atoms in total. The zero-order valence-corrected chi connectivity index (χ0v) is 9.37. The number of carbonyl (C=O) groups is 2. The maximum Gasteiger partial charge on any atom is 0.248 e. The smallest absolute Gasteiger partial charge is 0.248 e. The lowest BCUT2D eigenvalue weighted by Crippen LogP contribution is -2.10. The van der Waals surface area contributed by atoms with Crippen LogP contribution >= 0.6 is 0 Å². The Hall–Kier alpha value is -2.01. The summed E-state index contributed by atoms with van der Waals surface area (Å²) in [5.74, 6) is -1.00. The number of anilines is 1. The normalized spacial score (nSPS) is 10.5. The fourth-order valence-electron chi connectivity index (χ4n) is 1.17. The van der Waals surface area contributed by atoms with Gasteiger partial charge in [-0.15, -0.1) is 0 Å². The summed E-state index contributed by atoms with van der Waals surface area (Å²) in [5.41, 5.74) is 0.279. The van der Waals surface area contributed by atoms with Gasteiger partial charge in [0.25, 0.3) is 0 Å². The highest BCUT2D eigenvalue weighted by molar-refractivity contribution is 5.99. The van der Waals surface area contributed by atoms with Crippen LogP contribution in [0.3, 0.4) is 0 Å². The average molecular weight is 236 g/mol. The van der Waals surface area contributed by atoms with Crippen LogP contribution in [0.15, 0.2) is 30.4 Å². The molecular weight excluding hydrogens is 223 g/mol. The highest BCUT2D eigenvalue weighted by Gasteiger charge is 2.03. The van der Waals surface area contributed by atoms with E-state index in [1.54, 1.807) is 13.1 Å². The van der Waals surface area contributed by atoms with E-state index in [1.165, 1.54) is 18.2 Å². The first-order valence-electron chi connectivity index (χ1n) is 5.04. The second kappa shape index (κ2) is 6.55. The molecule has 0 aliphatic heterocycles. The van der Waals surface area contributed by atoms with Crippen molar-refractivity contribution in [2.45, 2.75) is 0 Å². The predicted molar refractivity (Wildman–Crippen MR) is 63.5 cm³/mol. The molecule has 17 heavy (non-hydrogen) atoms. The third-order valence-electron chi connectivity index (χ3n) is 1.99. The molecule has 0 aromatic heterocycles. The lowest BCUT2D eigenvalue weighted by Gasteiger charge is -2.03. The minimum atomic E-state index is -0.656. The number of nitrogens with one attached hydrogen (secondary N) is 2. The molecule has 0 heterocycles. The molecule has 1 aromatic rings. The Morgan fingerprint density at radius 3 is 2.82 bits per heavy atom. The monoisotopic (exact) mass is 236 g/mol. The van der Waals surface area contributed by atoms with Crippen molar-refractivity contribution in [2.75, 3.05) is 18.9 Å². The summed E-state index contributed by atoms with van der Waals surface area (Å²) < 4.78 is 13.2. The Balaban J connectivity index is 2.66. The van der Waals surface area contributed by atoms with Gasteiger partial charge in [0, 0.05) is 18.3 Å². The van der Waals surface area contributed by atoms with Crippen molar-refractivity contribution in [1.29, 1.82) is 0 Å². The quantitative estimate of drug-likeness (QED) is 0.599. The molecule has 0 aliphatic carbocycles. The largest absolute Gasteiger partial charge is 0.322 e. The summed E-state index contributed by atoms with van der Waals surface area (Å²) in [6.07, 6.45) is 3.42. The van der Waals surface area contributed by atoms with Gasteiger partial charge < -0.3 is 10.6 Å². The molecule has 0 unspecified atom stereocenters. The number of aldehydes is 1. The van der Waals surface area contributed by atoms with Crippen LogP contribution in [-0.2, 0) is 4.79 Å². The van der Waals surface area contributed by atoms with Crippen molar-refractivity contribution < 1.29 is 14.0 Å². The van der Waals surface area contributed by atoms with Gasteiger partial charge in [-0.2, -0.15) is 0 Å². The summed E-state index contributed by atoms with van der Waals surface area (Å²) >= 11 is 0. The number of hydrogen-bond acceptors (Lipinski definition) is 3. The second-order valence-electron chi connectivity index (χ2n) is 3.30. The number of halogens is 1. The molecule has 0 atom stereocenters. The van der Waals surface area contributed by atoms with Crippen molar-refractivity contribution >= 4 is 17.9 Å². The lowest BCUT2D eigenvalue weighted by molar-refractivity contribution is -0.111. The first-order chi connectivity index (χ1) is 8.17. The van der Waals surface area contributed by atoms with Gasteiger partial charge >= 0.3 is 0 Å². The fraction of sp³-hybridized carbons (Fsp3) is 0.167. The number of benzene rings is 1. The molecule has 0 aliphatic rings. The van der Waals surface area contributed by atoms with Crippen LogP contribution in [0.25, 0.3) is 0 Å². The van der Waals surface area contributed by atoms with E-state index in [1.807, 2.05) is 0 Å². The summed E-state index contributed by atoms with van der Waals surface area (Å²) in [5, 5.41) is 5.33. The van der Waals surface area contributed by atoms with Gasteiger partial charge in [0.05, 0.1) is 5.56 Å². The predicted octanol–water partition coefficient (Wildman–Crippen LogP) is 1.35. The van der Waals surface area contributed by atoms with Crippen LogP contribution in [-0.4, -0.2) is 25.8 Å². The highest BCUT2D eigenvalue weighted by Crippen LogP contribution is 2.12. The molecule has 90 valence electrons. The van der Waals surface area contributed by atoms with Gasteiger partial charge in [0.2, 0.25) is 5.91 Å². The molecule has 0 saturated heterocycles. The van der Waals surface area contributed by atoms with Crippen LogP contribution < -0.4 is 10.6 Å². The SMILES string of the molecule is CNC/C=C/C(=O)Nc1ccc(C=O)c(F)c1. The molecule has 2 N–H and O–H groups in total. The summed E-state index contributed by atoms with van der Waals surface area (Å²) in [4.78, 5) is 21.7. The molecule has 0 saturated carbocycles. The second-order valence-corrected chi connectivity index (χ2v) is 3.30. The number of carbonyl (C=O) groups excluding carboxylic acids is 2. The topological polar surface area (TPSA) is 58.2 Å². The average Bonchev–Trinajstić information content (AvgIpc) is 2.29. The number of hydrogen-bond donors (Lipinski definition) is 2. The molecule has 0 spiro atoms. The van der Waals surface area contributed by atoms with E-state index in [0.29, 0.717) is 18.5 Å². The van der Waals surface area contributed by atoms with Gasteiger partial charge in [-0.25, -0.2) is 4.39 Å². The first-order valence-corrected chi connectivity index (χ1v) is 5.04. The maximum absolute atomic E-state index is 13.2. The molecule has 0 fully saturated rings. The van der Waals surface area contributed by atoms with Crippen molar-refractivity contribution in [3.63, 3.8) is 0 Å². The molecule has 1 aromatic carbocycles. The van der Waals surface area contributed by atoms with Crippen molar-refractivity contribution in [3.05, 3.63) is 41.7 Å². The standard InChI is InChI=1S/C12H13FN2O2/c1-14-6-2-3-12(17)15-10-5-4-9(8-16)11(13)7-10/h2-5,7-8,14H,6H2,1H3,(H,15,17)/b3-2+. The molecular formula is C12H13FN2O2. The van der Waals surface area contributed by atoms with E-state index >= 15 is 0 Å². The Bertz CT molecular complexity index is 444. The van der Waals surface area contributed by atoms with E-state index in [2.05, 4.69) is 10.6 Å².